The van der Waals surface area contributed by atoms with E-state index in [-0.39, 0.29) is 11.5 Å². The number of benzene rings is 1. The Morgan fingerprint density at radius 1 is 1.29 bits per heavy atom. The summed E-state index contributed by atoms with van der Waals surface area (Å²) in [5.41, 5.74) is 0.504. The number of hydrogen-bond acceptors (Lipinski definition) is 4. The van der Waals surface area contributed by atoms with Gasteiger partial charge < -0.3 is 10.2 Å². The van der Waals surface area contributed by atoms with Crippen LogP contribution in [-0.4, -0.2) is 49.7 Å². The zero-order valence-corrected chi connectivity index (χ0v) is 13.8. The van der Waals surface area contributed by atoms with Crippen molar-refractivity contribution in [2.75, 3.05) is 23.9 Å². The predicted octanol–water partition coefficient (Wildman–Crippen LogP) is 1.03. The SMILES string of the molecule is CN(C(=O)C(=O)Nc1ccc(Br)cc1)C1CCS(=O)(=O)C1. The fourth-order valence-electron chi connectivity index (χ4n) is 2.12. The van der Waals surface area contributed by atoms with Gasteiger partial charge in [0.2, 0.25) is 0 Å². The second-order valence-corrected chi connectivity index (χ2v) is 8.08. The molecule has 2 amide bonds. The molecule has 8 heteroatoms. The number of amides is 2. The molecule has 1 fully saturated rings. The number of nitrogens with one attached hydrogen (secondary N) is 1. The number of hydrogen-bond donors (Lipinski definition) is 1. The van der Waals surface area contributed by atoms with Gasteiger partial charge in [-0.1, -0.05) is 15.9 Å². The van der Waals surface area contributed by atoms with E-state index in [0.29, 0.717) is 12.1 Å². The molecule has 1 aromatic rings. The summed E-state index contributed by atoms with van der Waals surface area (Å²) in [4.78, 5) is 25.1. The Hall–Kier alpha value is -1.41. The molecule has 1 atom stereocenters. The summed E-state index contributed by atoms with van der Waals surface area (Å²) in [6, 6.07) is 6.38. The van der Waals surface area contributed by atoms with E-state index >= 15 is 0 Å². The van der Waals surface area contributed by atoms with Gasteiger partial charge in [-0.3, -0.25) is 9.59 Å². The maximum Gasteiger partial charge on any atom is 0.313 e. The number of rotatable bonds is 2. The van der Waals surface area contributed by atoms with Crippen LogP contribution < -0.4 is 5.32 Å². The van der Waals surface area contributed by atoms with Crippen molar-refractivity contribution in [2.24, 2.45) is 0 Å². The minimum Gasteiger partial charge on any atom is -0.333 e. The predicted molar refractivity (Wildman–Crippen MR) is 82.6 cm³/mol. The average molecular weight is 375 g/mol. The molecule has 0 aliphatic carbocycles. The third-order valence-corrected chi connectivity index (χ3v) is 5.65. The molecule has 1 saturated heterocycles. The molecule has 1 unspecified atom stereocenters. The number of carbonyl (C=O) groups excluding carboxylic acids is 2. The lowest BCUT2D eigenvalue weighted by Crippen LogP contribution is -2.43. The van der Waals surface area contributed by atoms with Crippen LogP contribution in [0.2, 0.25) is 0 Å². The van der Waals surface area contributed by atoms with Crippen LogP contribution in [0, 0.1) is 0 Å². The average Bonchev–Trinajstić information content (AvgIpc) is 2.80. The second-order valence-electron chi connectivity index (χ2n) is 4.93. The first-order valence-corrected chi connectivity index (χ1v) is 8.94. The van der Waals surface area contributed by atoms with Crippen LogP contribution in [0.5, 0.6) is 0 Å². The summed E-state index contributed by atoms with van der Waals surface area (Å²) in [5, 5.41) is 2.49. The normalized spacial score (nSPS) is 20.0. The lowest BCUT2D eigenvalue weighted by atomic mass is 10.2. The van der Waals surface area contributed by atoms with Crippen LogP contribution in [0.25, 0.3) is 0 Å². The van der Waals surface area contributed by atoms with Crippen molar-refractivity contribution in [3.63, 3.8) is 0 Å². The number of halogens is 1. The van der Waals surface area contributed by atoms with Gasteiger partial charge in [-0.25, -0.2) is 8.42 Å². The molecule has 0 radical (unpaired) electrons. The van der Waals surface area contributed by atoms with E-state index in [2.05, 4.69) is 21.2 Å². The Morgan fingerprint density at radius 2 is 1.90 bits per heavy atom. The summed E-state index contributed by atoms with van der Waals surface area (Å²) in [7, 11) is -1.64. The first kappa shape index (κ1) is 16.0. The topological polar surface area (TPSA) is 83.6 Å². The molecular formula is C13H15BrN2O4S. The minimum absolute atomic E-state index is 0.0591. The summed E-state index contributed by atoms with van der Waals surface area (Å²) >= 11 is 3.27. The monoisotopic (exact) mass is 374 g/mol. The Labute approximate surface area is 131 Å². The Balaban J connectivity index is 1.99. The molecule has 114 valence electrons. The highest BCUT2D eigenvalue weighted by Crippen LogP contribution is 2.17. The number of anilines is 1. The molecule has 1 heterocycles. The summed E-state index contributed by atoms with van der Waals surface area (Å²) in [6.45, 7) is 0. The molecular weight excluding hydrogens is 360 g/mol. The third-order valence-electron chi connectivity index (χ3n) is 3.37. The van der Waals surface area contributed by atoms with Crippen LogP contribution in [0.3, 0.4) is 0 Å². The molecule has 1 aromatic carbocycles. The van der Waals surface area contributed by atoms with E-state index in [1.807, 2.05) is 0 Å². The van der Waals surface area contributed by atoms with E-state index in [9.17, 15) is 18.0 Å². The van der Waals surface area contributed by atoms with Gasteiger partial charge in [0.1, 0.15) is 0 Å². The van der Waals surface area contributed by atoms with Crippen molar-refractivity contribution < 1.29 is 18.0 Å². The number of nitrogens with zero attached hydrogens (tertiary/aromatic N) is 1. The van der Waals surface area contributed by atoms with Crippen LogP contribution in [0.1, 0.15) is 6.42 Å². The van der Waals surface area contributed by atoms with Crippen molar-refractivity contribution in [1.29, 1.82) is 0 Å². The van der Waals surface area contributed by atoms with Crippen LogP contribution >= 0.6 is 15.9 Å². The zero-order valence-electron chi connectivity index (χ0n) is 11.4. The van der Waals surface area contributed by atoms with Gasteiger partial charge in [0, 0.05) is 23.2 Å². The Kier molecular flexibility index (Phi) is 4.67. The maximum atomic E-state index is 12.0. The van der Waals surface area contributed by atoms with E-state index in [1.165, 1.54) is 11.9 Å². The molecule has 1 N–H and O–H groups in total. The highest BCUT2D eigenvalue weighted by molar-refractivity contribution is 9.10. The number of sulfone groups is 1. The first-order chi connectivity index (χ1) is 9.78. The van der Waals surface area contributed by atoms with Gasteiger partial charge in [0.05, 0.1) is 11.5 Å². The van der Waals surface area contributed by atoms with Crippen molar-refractivity contribution in [3.8, 4) is 0 Å². The van der Waals surface area contributed by atoms with Crippen molar-refractivity contribution in [2.45, 2.75) is 12.5 Å². The Bertz CT molecular complexity index is 657. The van der Waals surface area contributed by atoms with Crippen molar-refractivity contribution >= 4 is 43.3 Å². The van der Waals surface area contributed by atoms with Gasteiger partial charge in [0.15, 0.2) is 9.84 Å². The first-order valence-electron chi connectivity index (χ1n) is 6.32. The molecule has 0 spiro atoms. The lowest BCUT2D eigenvalue weighted by Gasteiger charge is -2.22. The summed E-state index contributed by atoms with van der Waals surface area (Å²) < 4.78 is 23.7. The fraction of sp³-hybridized carbons (Fsp3) is 0.385. The zero-order chi connectivity index (χ0) is 15.6. The van der Waals surface area contributed by atoms with Gasteiger partial charge in [-0.15, -0.1) is 0 Å². The van der Waals surface area contributed by atoms with Crippen LogP contribution in [0.4, 0.5) is 5.69 Å². The highest BCUT2D eigenvalue weighted by Gasteiger charge is 2.34. The van der Waals surface area contributed by atoms with E-state index in [4.69, 9.17) is 0 Å². The van der Waals surface area contributed by atoms with Crippen molar-refractivity contribution in [3.05, 3.63) is 28.7 Å². The van der Waals surface area contributed by atoms with Crippen molar-refractivity contribution in [1.82, 2.24) is 4.90 Å². The highest BCUT2D eigenvalue weighted by atomic mass is 79.9. The quantitative estimate of drug-likeness (QED) is 0.783. The molecule has 6 nitrogen and oxygen atoms in total. The van der Waals surface area contributed by atoms with Crippen LogP contribution in [-0.2, 0) is 19.4 Å². The Morgan fingerprint density at radius 3 is 2.43 bits per heavy atom. The molecule has 0 saturated carbocycles. The van der Waals surface area contributed by atoms with Crippen LogP contribution in [0.15, 0.2) is 28.7 Å². The number of carbonyl (C=O) groups is 2. The van der Waals surface area contributed by atoms with E-state index in [0.717, 1.165) is 4.47 Å². The standard InChI is InChI=1S/C13H15BrN2O4S/c1-16(11-6-7-21(19,20)8-11)13(18)12(17)15-10-4-2-9(14)3-5-10/h2-5,11H,6-8H2,1H3,(H,15,17). The largest absolute Gasteiger partial charge is 0.333 e. The van der Waals surface area contributed by atoms with Gasteiger partial charge in [-0.2, -0.15) is 0 Å². The maximum absolute atomic E-state index is 12.0. The van der Waals surface area contributed by atoms with Gasteiger partial charge in [-0.05, 0) is 30.7 Å². The lowest BCUT2D eigenvalue weighted by molar-refractivity contribution is -0.143. The molecule has 0 bridgehead atoms. The third kappa shape index (κ3) is 4.04. The molecule has 2 rings (SSSR count). The minimum atomic E-state index is -3.09. The smallest absolute Gasteiger partial charge is 0.313 e. The molecule has 0 aromatic heterocycles. The summed E-state index contributed by atoms with van der Waals surface area (Å²) in [6.07, 6.45) is 0.371. The molecule has 1 aliphatic rings. The van der Waals surface area contributed by atoms with Gasteiger partial charge in [0.25, 0.3) is 0 Å². The van der Waals surface area contributed by atoms with E-state index < -0.39 is 27.7 Å². The molecule has 21 heavy (non-hydrogen) atoms. The second kappa shape index (κ2) is 6.15. The summed E-state index contributed by atoms with van der Waals surface area (Å²) in [5.74, 6) is -1.53. The number of likely N-dealkylation sites (N-methyl/N-ethyl adjacent to an activating group) is 1. The van der Waals surface area contributed by atoms with Gasteiger partial charge >= 0.3 is 11.8 Å². The fourth-order valence-corrected chi connectivity index (χ4v) is 4.16. The van der Waals surface area contributed by atoms with E-state index in [1.54, 1.807) is 24.3 Å². The molecule has 1 aliphatic heterocycles.